The van der Waals surface area contributed by atoms with Gasteiger partial charge in [-0.2, -0.15) is 0 Å². The van der Waals surface area contributed by atoms with Gasteiger partial charge in [0.25, 0.3) is 0 Å². The summed E-state index contributed by atoms with van der Waals surface area (Å²) in [5.41, 5.74) is 2.98. The Balaban J connectivity index is 0.000000387. The normalized spacial score (nSPS) is 10.3. The van der Waals surface area contributed by atoms with Gasteiger partial charge in [0.15, 0.2) is 0 Å². The summed E-state index contributed by atoms with van der Waals surface area (Å²) >= 11 is 0. The van der Waals surface area contributed by atoms with Crippen LogP contribution in [0.25, 0.3) is 11.3 Å². The zero-order chi connectivity index (χ0) is 24.9. The van der Waals surface area contributed by atoms with Crippen LogP contribution >= 0.6 is 0 Å². The molecule has 0 bridgehead atoms. The Kier molecular flexibility index (Phi) is 10.9. The first-order valence-electron chi connectivity index (χ1n) is 11.6. The Morgan fingerprint density at radius 3 is 2.26 bits per heavy atom. The van der Waals surface area contributed by atoms with Crippen LogP contribution in [0.1, 0.15) is 44.1 Å². The van der Waals surface area contributed by atoms with Gasteiger partial charge in [-0.3, -0.25) is 9.59 Å². The molecule has 0 aliphatic rings. The van der Waals surface area contributed by atoms with Crippen LogP contribution < -0.4 is 15.4 Å². The Morgan fingerprint density at radius 1 is 0.971 bits per heavy atom. The van der Waals surface area contributed by atoms with E-state index in [0.29, 0.717) is 18.9 Å². The lowest BCUT2D eigenvalue weighted by Gasteiger charge is -2.09. The summed E-state index contributed by atoms with van der Waals surface area (Å²) < 4.78 is 10.8. The number of methoxy groups -OCH3 is 1. The molecule has 0 saturated heterocycles. The maximum atomic E-state index is 12.2. The highest BCUT2D eigenvalue weighted by Crippen LogP contribution is 2.25. The number of amides is 2. The molecule has 182 valence electrons. The van der Waals surface area contributed by atoms with E-state index in [1.165, 1.54) is 0 Å². The van der Waals surface area contributed by atoms with Crippen LogP contribution in [0.4, 0.5) is 0 Å². The van der Waals surface area contributed by atoms with Gasteiger partial charge in [0, 0.05) is 25.6 Å². The van der Waals surface area contributed by atoms with Gasteiger partial charge in [0.1, 0.15) is 17.3 Å². The molecule has 0 atom stereocenters. The molecule has 0 fully saturated rings. The van der Waals surface area contributed by atoms with E-state index in [-0.39, 0.29) is 11.8 Å². The van der Waals surface area contributed by atoms with Crippen molar-refractivity contribution < 1.29 is 18.7 Å². The van der Waals surface area contributed by atoms with Crippen molar-refractivity contribution in [2.24, 2.45) is 5.92 Å². The lowest BCUT2D eigenvalue weighted by molar-refractivity contribution is -0.120. The predicted octanol–water partition coefficient (Wildman–Crippen LogP) is 5.29. The fraction of sp³-hybridized carbons (Fsp3) is 0.357. The zero-order valence-electron chi connectivity index (χ0n) is 20.8. The van der Waals surface area contributed by atoms with Crippen molar-refractivity contribution in [1.29, 1.82) is 0 Å². The zero-order valence-corrected chi connectivity index (χ0v) is 20.8. The molecule has 34 heavy (non-hydrogen) atoms. The molecule has 0 unspecified atom stereocenters. The molecule has 1 heterocycles. The Labute approximate surface area is 202 Å². The average molecular weight is 465 g/mol. The minimum Gasteiger partial charge on any atom is -0.497 e. The highest BCUT2D eigenvalue weighted by Gasteiger charge is 2.10. The van der Waals surface area contributed by atoms with Crippen LogP contribution in [0.3, 0.4) is 0 Å². The average Bonchev–Trinajstić information content (AvgIpc) is 3.24. The molecule has 6 heteroatoms. The first-order chi connectivity index (χ1) is 16.3. The van der Waals surface area contributed by atoms with Crippen molar-refractivity contribution in [2.45, 2.75) is 47.1 Å². The lowest BCUT2D eigenvalue weighted by atomic mass is 10.1. The molecule has 0 spiro atoms. The van der Waals surface area contributed by atoms with Crippen LogP contribution in [0.5, 0.6) is 5.75 Å². The maximum Gasteiger partial charge on any atom is 0.224 e. The number of ether oxygens (including phenoxy) is 1. The maximum absolute atomic E-state index is 12.2. The van der Waals surface area contributed by atoms with Crippen LogP contribution in [0.15, 0.2) is 65.1 Å². The van der Waals surface area contributed by atoms with Gasteiger partial charge in [0.2, 0.25) is 11.8 Å². The number of furan rings is 1. The summed E-state index contributed by atoms with van der Waals surface area (Å²) in [5.74, 6) is 3.20. The topological polar surface area (TPSA) is 80.6 Å². The largest absolute Gasteiger partial charge is 0.497 e. The second-order valence-corrected chi connectivity index (χ2v) is 8.53. The van der Waals surface area contributed by atoms with Crippen LogP contribution in [0.2, 0.25) is 0 Å². The van der Waals surface area contributed by atoms with E-state index in [4.69, 9.17) is 9.15 Å². The van der Waals surface area contributed by atoms with Gasteiger partial charge < -0.3 is 19.8 Å². The van der Waals surface area contributed by atoms with Gasteiger partial charge in [-0.05, 0) is 54.7 Å². The fourth-order valence-corrected chi connectivity index (χ4v) is 3.22. The highest BCUT2D eigenvalue weighted by molar-refractivity contribution is 5.79. The summed E-state index contributed by atoms with van der Waals surface area (Å²) in [6.45, 7) is 9.02. The minimum absolute atomic E-state index is 0.0180. The molecule has 0 aliphatic carbocycles. The van der Waals surface area contributed by atoms with E-state index in [1.807, 2.05) is 67.6 Å². The Hall–Kier alpha value is -3.54. The van der Waals surface area contributed by atoms with Crippen LogP contribution in [0, 0.1) is 12.8 Å². The molecule has 3 aromatic rings. The summed E-state index contributed by atoms with van der Waals surface area (Å²) in [6.07, 6.45) is 1.41. The SMILES string of the molecule is CC(=O)NCCC(C)C.COc1ccc(CC(=O)NCc2ccccc2-c2ccc(C)o2)cc1. The number of nitrogens with one attached hydrogen (secondary N) is 2. The summed E-state index contributed by atoms with van der Waals surface area (Å²) in [6, 6.07) is 19.3. The Bertz CT molecular complexity index is 1040. The molecular formula is C28H36N2O4. The molecule has 6 nitrogen and oxygen atoms in total. The second-order valence-electron chi connectivity index (χ2n) is 8.53. The van der Waals surface area contributed by atoms with Crippen molar-refractivity contribution in [2.75, 3.05) is 13.7 Å². The molecule has 0 aliphatic heterocycles. The van der Waals surface area contributed by atoms with Crippen LogP contribution in [-0.2, 0) is 22.6 Å². The van der Waals surface area contributed by atoms with Crippen LogP contribution in [-0.4, -0.2) is 25.5 Å². The van der Waals surface area contributed by atoms with Crippen molar-refractivity contribution in [1.82, 2.24) is 10.6 Å². The van der Waals surface area contributed by atoms with E-state index in [9.17, 15) is 9.59 Å². The molecule has 1 aromatic heterocycles. The lowest BCUT2D eigenvalue weighted by Crippen LogP contribution is -2.24. The van der Waals surface area contributed by atoms with E-state index in [1.54, 1.807) is 14.0 Å². The molecule has 2 N–H and O–H groups in total. The first-order valence-corrected chi connectivity index (χ1v) is 11.6. The highest BCUT2D eigenvalue weighted by atomic mass is 16.5. The fourth-order valence-electron chi connectivity index (χ4n) is 3.22. The van der Waals surface area contributed by atoms with E-state index < -0.39 is 0 Å². The van der Waals surface area contributed by atoms with Gasteiger partial charge >= 0.3 is 0 Å². The van der Waals surface area contributed by atoms with Crippen molar-refractivity contribution in [3.05, 3.63) is 77.6 Å². The molecule has 3 rings (SSSR count). The molecular weight excluding hydrogens is 428 g/mol. The minimum atomic E-state index is -0.0180. The van der Waals surface area contributed by atoms with Gasteiger partial charge in [0.05, 0.1) is 13.5 Å². The Morgan fingerprint density at radius 2 is 1.68 bits per heavy atom. The van der Waals surface area contributed by atoms with Gasteiger partial charge in [-0.25, -0.2) is 0 Å². The van der Waals surface area contributed by atoms with Crippen molar-refractivity contribution >= 4 is 11.8 Å². The third kappa shape index (κ3) is 9.53. The second kappa shape index (κ2) is 13.9. The smallest absolute Gasteiger partial charge is 0.224 e. The number of aryl methyl sites for hydroxylation is 1. The summed E-state index contributed by atoms with van der Waals surface area (Å²) in [7, 11) is 1.62. The standard InChI is InChI=1S/C21H21NO3.C7H15NO/c1-15-7-12-20(25-15)19-6-4-3-5-17(19)14-22-21(23)13-16-8-10-18(24-2)11-9-16;1-6(2)4-5-8-7(3)9/h3-12H,13-14H2,1-2H3,(H,22,23);6H,4-5H2,1-3H3,(H,8,9). The quantitative estimate of drug-likeness (QED) is 0.451. The number of benzene rings is 2. The summed E-state index contributed by atoms with van der Waals surface area (Å²) in [5, 5.41) is 5.72. The number of rotatable bonds is 9. The first kappa shape index (κ1) is 26.7. The molecule has 2 amide bonds. The van der Waals surface area contributed by atoms with Crippen molar-refractivity contribution in [3.8, 4) is 17.1 Å². The molecule has 2 aromatic carbocycles. The van der Waals surface area contributed by atoms with E-state index >= 15 is 0 Å². The monoisotopic (exact) mass is 464 g/mol. The van der Waals surface area contributed by atoms with Gasteiger partial charge in [-0.1, -0.05) is 50.2 Å². The predicted molar refractivity (Wildman–Crippen MR) is 136 cm³/mol. The number of hydrogen-bond acceptors (Lipinski definition) is 4. The number of carbonyl (C=O) groups is 2. The third-order valence-electron chi connectivity index (χ3n) is 5.12. The molecule has 0 radical (unpaired) electrons. The van der Waals surface area contributed by atoms with E-state index in [2.05, 4.69) is 24.5 Å². The van der Waals surface area contributed by atoms with E-state index in [0.717, 1.165) is 46.9 Å². The summed E-state index contributed by atoms with van der Waals surface area (Å²) in [4.78, 5) is 22.5. The van der Waals surface area contributed by atoms with Gasteiger partial charge in [-0.15, -0.1) is 0 Å². The third-order valence-corrected chi connectivity index (χ3v) is 5.12. The van der Waals surface area contributed by atoms with Crippen molar-refractivity contribution in [3.63, 3.8) is 0 Å². The number of hydrogen-bond donors (Lipinski definition) is 2. The number of carbonyl (C=O) groups excluding carboxylic acids is 2. The molecule has 0 saturated carbocycles.